The summed E-state index contributed by atoms with van der Waals surface area (Å²) in [6, 6.07) is 0. The lowest BCUT2D eigenvalue weighted by Crippen LogP contribution is -2.24. The molecule has 19 heavy (non-hydrogen) atoms. The lowest BCUT2D eigenvalue weighted by atomic mass is 10.1. The van der Waals surface area contributed by atoms with Crippen LogP contribution in [0.1, 0.15) is 58.3 Å². The molecule has 0 amide bonds. The number of unbranched alkanes of at least 4 members (excludes halogenated alkanes) is 7. The first-order chi connectivity index (χ1) is 8.95. The minimum atomic E-state index is -4.30. The number of phosphoric acid groups is 1. The summed E-state index contributed by atoms with van der Waals surface area (Å²) in [5.74, 6) is 0. The monoisotopic (exact) mass is 295 g/mol. The van der Waals surface area contributed by atoms with E-state index in [1.165, 1.54) is 44.9 Å². The Morgan fingerprint density at radius 1 is 0.947 bits per heavy atom. The molecule has 0 aliphatic heterocycles. The normalized spacial score (nSPS) is 12.3. The minimum absolute atomic E-state index is 0.0811. The molecule has 5 nitrogen and oxygen atoms in total. The van der Waals surface area contributed by atoms with Gasteiger partial charge in [0.05, 0.1) is 6.61 Å². The van der Waals surface area contributed by atoms with E-state index in [4.69, 9.17) is 9.79 Å². The Balaban J connectivity index is 3.25. The summed E-state index contributed by atoms with van der Waals surface area (Å²) in [7, 11) is -2.35. The molecule has 0 saturated heterocycles. The molecular formula is C13H30NO4P. The van der Waals surface area contributed by atoms with Crippen molar-refractivity contribution in [1.29, 1.82) is 0 Å². The fourth-order valence-electron chi connectivity index (χ4n) is 1.94. The predicted molar refractivity (Wildman–Crippen MR) is 78.1 cm³/mol. The van der Waals surface area contributed by atoms with Gasteiger partial charge in [0.2, 0.25) is 0 Å². The summed E-state index contributed by atoms with van der Waals surface area (Å²) in [5, 5.41) is 0. The summed E-state index contributed by atoms with van der Waals surface area (Å²) in [5.41, 5.74) is 0. The third kappa shape index (κ3) is 16.0. The van der Waals surface area contributed by atoms with Gasteiger partial charge < -0.3 is 14.7 Å². The lowest BCUT2D eigenvalue weighted by molar-refractivity contribution is 0.171. The molecule has 0 aromatic heterocycles. The molecule has 0 aromatic rings. The Kier molecular flexibility index (Phi) is 11.9. The van der Waals surface area contributed by atoms with Gasteiger partial charge >= 0.3 is 7.82 Å². The van der Waals surface area contributed by atoms with E-state index in [1.54, 1.807) is 0 Å². The van der Waals surface area contributed by atoms with Gasteiger partial charge in [-0.25, -0.2) is 4.57 Å². The Morgan fingerprint density at radius 3 is 2.00 bits per heavy atom. The minimum Gasteiger partial charge on any atom is -0.304 e. The summed E-state index contributed by atoms with van der Waals surface area (Å²) in [6.45, 7) is 3.82. The van der Waals surface area contributed by atoms with Crippen molar-refractivity contribution in [3.63, 3.8) is 0 Å². The van der Waals surface area contributed by atoms with Crippen molar-refractivity contribution in [2.24, 2.45) is 0 Å². The van der Waals surface area contributed by atoms with Gasteiger partial charge in [-0.1, -0.05) is 51.9 Å². The molecule has 0 unspecified atom stereocenters. The SMILES string of the molecule is CCCCCCCCCCN(C)CCOP(=O)(O)O. The van der Waals surface area contributed by atoms with E-state index in [0.717, 1.165) is 13.0 Å². The van der Waals surface area contributed by atoms with Crippen LogP contribution in [0.5, 0.6) is 0 Å². The van der Waals surface area contributed by atoms with E-state index in [0.29, 0.717) is 6.54 Å². The van der Waals surface area contributed by atoms with Crippen LogP contribution in [0.15, 0.2) is 0 Å². The van der Waals surface area contributed by atoms with Crippen molar-refractivity contribution < 1.29 is 18.9 Å². The molecule has 0 aromatic carbocycles. The molecular weight excluding hydrogens is 265 g/mol. The van der Waals surface area contributed by atoms with Gasteiger partial charge in [0.1, 0.15) is 0 Å². The Labute approximate surface area is 117 Å². The van der Waals surface area contributed by atoms with Crippen LogP contribution in [0.25, 0.3) is 0 Å². The van der Waals surface area contributed by atoms with Gasteiger partial charge in [-0.05, 0) is 20.0 Å². The standard InChI is InChI=1S/C13H30NO4P/c1-3-4-5-6-7-8-9-10-11-14(2)12-13-18-19(15,16)17/h3-13H2,1-2H3,(H2,15,16,17). The first kappa shape index (κ1) is 19.1. The third-order valence-electron chi connectivity index (χ3n) is 3.13. The van der Waals surface area contributed by atoms with E-state index in [-0.39, 0.29) is 6.61 Å². The molecule has 0 aliphatic carbocycles. The zero-order valence-electron chi connectivity index (χ0n) is 12.4. The fraction of sp³-hybridized carbons (Fsp3) is 1.00. The number of hydrogen-bond donors (Lipinski definition) is 2. The second-order valence-corrected chi connectivity index (χ2v) is 6.34. The van der Waals surface area contributed by atoms with Crippen LogP contribution >= 0.6 is 7.82 Å². The summed E-state index contributed by atoms with van der Waals surface area (Å²) < 4.78 is 14.9. The van der Waals surface area contributed by atoms with Crippen LogP contribution in [0.2, 0.25) is 0 Å². The largest absolute Gasteiger partial charge is 0.469 e. The fourth-order valence-corrected chi connectivity index (χ4v) is 2.26. The van der Waals surface area contributed by atoms with E-state index in [2.05, 4.69) is 11.4 Å². The van der Waals surface area contributed by atoms with Crippen molar-refractivity contribution >= 4 is 7.82 Å². The Morgan fingerprint density at radius 2 is 1.47 bits per heavy atom. The third-order valence-corrected chi connectivity index (χ3v) is 3.64. The predicted octanol–water partition coefficient (Wildman–Crippen LogP) is 3.17. The lowest BCUT2D eigenvalue weighted by Gasteiger charge is -2.16. The van der Waals surface area contributed by atoms with Gasteiger partial charge in [-0.15, -0.1) is 0 Å². The quantitative estimate of drug-likeness (QED) is 0.403. The zero-order valence-corrected chi connectivity index (χ0v) is 13.3. The maximum atomic E-state index is 10.5. The average Bonchev–Trinajstić information content (AvgIpc) is 2.31. The first-order valence-corrected chi connectivity index (χ1v) is 8.87. The van der Waals surface area contributed by atoms with Crippen LogP contribution in [0.3, 0.4) is 0 Å². The highest BCUT2D eigenvalue weighted by Gasteiger charge is 2.13. The number of phosphoric ester groups is 1. The van der Waals surface area contributed by atoms with E-state index in [1.807, 2.05) is 11.9 Å². The van der Waals surface area contributed by atoms with E-state index >= 15 is 0 Å². The maximum Gasteiger partial charge on any atom is 0.469 e. The molecule has 0 aliphatic rings. The van der Waals surface area contributed by atoms with Gasteiger partial charge in [-0.2, -0.15) is 0 Å². The van der Waals surface area contributed by atoms with Crippen molar-refractivity contribution in [3.8, 4) is 0 Å². The smallest absolute Gasteiger partial charge is 0.304 e. The van der Waals surface area contributed by atoms with E-state index < -0.39 is 7.82 Å². The topological polar surface area (TPSA) is 70.0 Å². The van der Waals surface area contributed by atoms with Crippen LogP contribution < -0.4 is 0 Å². The number of rotatable bonds is 13. The zero-order chi connectivity index (χ0) is 14.6. The van der Waals surface area contributed by atoms with Gasteiger partial charge in [0.25, 0.3) is 0 Å². The van der Waals surface area contributed by atoms with Crippen molar-refractivity contribution in [2.45, 2.75) is 58.3 Å². The molecule has 0 saturated carbocycles. The van der Waals surface area contributed by atoms with Crippen molar-refractivity contribution in [2.75, 3.05) is 26.7 Å². The second kappa shape index (κ2) is 11.9. The molecule has 2 N–H and O–H groups in total. The highest BCUT2D eigenvalue weighted by molar-refractivity contribution is 7.46. The van der Waals surface area contributed by atoms with Gasteiger partial charge in [0.15, 0.2) is 0 Å². The second-order valence-electron chi connectivity index (χ2n) is 5.10. The first-order valence-electron chi connectivity index (χ1n) is 7.34. The van der Waals surface area contributed by atoms with Crippen molar-refractivity contribution in [3.05, 3.63) is 0 Å². The van der Waals surface area contributed by atoms with Gasteiger partial charge in [-0.3, -0.25) is 4.52 Å². The average molecular weight is 295 g/mol. The van der Waals surface area contributed by atoms with Crippen LogP contribution in [-0.2, 0) is 9.09 Å². The molecule has 0 atom stereocenters. The molecule has 6 heteroatoms. The molecule has 0 rings (SSSR count). The number of hydrogen-bond acceptors (Lipinski definition) is 3. The molecule has 116 valence electrons. The highest BCUT2D eigenvalue weighted by atomic mass is 31.2. The number of likely N-dealkylation sites (N-methyl/N-ethyl adjacent to an activating group) is 1. The Hall–Kier alpha value is 0.0700. The maximum absolute atomic E-state index is 10.5. The molecule has 0 bridgehead atoms. The van der Waals surface area contributed by atoms with Gasteiger partial charge in [0, 0.05) is 6.54 Å². The summed E-state index contributed by atoms with van der Waals surface area (Å²) in [6.07, 6.45) is 10.3. The van der Waals surface area contributed by atoms with Crippen molar-refractivity contribution in [1.82, 2.24) is 4.90 Å². The summed E-state index contributed by atoms with van der Waals surface area (Å²) >= 11 is 0. The van der Waals surface area contributed by atoms with Crippen LogP contribution in [-0.4, -0.2) is 41.4 Å². The molecule has 0 fully saturated rings. The summed E-state index contributed by atoms with van der Waals surface area (Å²) in [4.78, 5) is 19.1. The Bertz CT molecular complexity index is 245. The van der Waals surface area contributed by atoms with Crippen LogP contribution in [0, 0.1) is 0 Å². The molecule has 0 spiro atoms. The molecule has 0 heterocycles. The highest BCUT2D eigenvalue weighted by Crippen LogP contribution is 2.35. The van der Waals surface area contributed by atoms with Crippen LogP contribution in [0.4, 0.5) is 0 Å². The number of nitrogens with zero attached hydrogens (tertiary/aromatic N) is 1. The molecule has 0 radical (unpaired) electrons. The van der Waals surface area contributed by atoms with E-state index in [9.17, 15) is 4.57 Å².